The number of methoxy groups -OCH3 is 1. The molecular weight excluding hydrogens is 955 g/mol. The number of aromatic hydroxyl groups is 2. The van der Waals surface area contributed by atoms with Crippen molar-refractivity contribution in [3.8, 4) is 23.3 Å². The van der Waals surface area contributed by atoms with Crippen LogP contribution in [0.3, 0.4) is 0 Å². The highest BCUT2D eigenvalue weighted by Gasteiger charge is 2.50. The number of phenolic OH excluding ortho intramolecular Hbond substituents is 2. The molecule has 1 saturated heterocycles. The summed E-state index contributed by atoms with van der Waals surface area (Å²) in [5, 5.41) is 61.1. The highest BCUT2D eigenvalue weighted by Crippen LogP contribution is 2.50. The standard InChI is InChI=1S/C50H61N7O16/c1-23-11-10-12-24(2)47(65)52-39-38-37(53-50(54-38)14-16-55(17-15-50)33(59)22-69-30-19-56-20-32(57(66)67)51-48(56)70-21-30)34-35(43(39)63)42(62)28(6)45-36(34)46(64)49(8,73-45)71-18-13-31(68-9)25(3)44(72-29(7)58)27(5)41(61)26(4)40(23)60/h10-13,18,20,23,25-27,30-31,40-41,44,60-63H,14-17,19,21-22H2,1-9H3,(H,52,65)/b11-10+,18-13+,24-12-/t23-,25+,26+,27+,30-,31-,40-,41+,44+,49-/m0/s1. The van der Waals surface area contributed by atoms with Gasteiger partial charge in [-0.2, -0.15) is 0 Å². The maximum Gasteiger partial charge on any atom is 0.414 e. The van der Waals surface area contributed by atoms with Crippen molar-refractivity contribution in [1.82, 2.24) is 14.5 Å². The molecule has 0 radical (unpaired) electrons. The molecule has 8 rings (SSSR count). The van der Waals surface area contributed by atoms with Gasteiger partial charge < -0.3 is 69.2 Å². The number of hydrogen-bond donors (Lipinski definition) is 5. The zero-order valence-corrected chi connectivity index (χ0v) is 42.0. The molecule has 0 aliphatic carbocycles. The molecule has 1 fully saturated rings. The van der Waals surface area contributed by atoms with Crippen LogP contribution in [-0.4, -0.2) is 139 Å². The molecular formula is C50H61N7O16. The van der Waals surface area contributed by atoms with E-state index in [1.165, 1.54) is 64.0 Å². The number of allylic oxidation sites excluding steroid dienone is 2. The number of nitrogens with one attached hydrogen (secondary N) is 1. The molecule has 10 atom stereocenters. The second kappa shape index (κ2) is 20.2. The minimum absolute atomic E-state index is 0.00916. The van der Waals surface area contributed by atoms with Gasteiger partial charge >= 0.3 is 23.6 Å². The molecule has 5 aliphatic rings. The van der Waals surface area contributed by atoms with Crippen LogP contribution < -0.4 is 25.5 Å². The summed E-state index contributed by atoms with van der Waals surface area (Å²) in [4.78, 5) is 81.0. The molecule has 392 valence electrons. The summed E-state index contributed by atoms with van der Waals surface area (Å²) in [6.07, 6.45) is 4.44. The topological polar surface area (TPSA) is 306 Å². The van der Waals surface area contributed by atoms with E-state index < -0.39 is 99.7 Å². The molecule has 6 heterocycles. The lowest BCUT2D eigenvalue weighted by Gasteiger charge is -2.38. The number of rotatable bonds is 6. The van der Waals surface area contributed by atoms with Crippen molar-refractivity contribution in [2.24, 2.45) is 33.7 Å². The minimum atomic E-state index is -2.06. The normalized spacial score (nSPS) is 30.6. The van der Waals surface area contributed by atoms with Crippen molar-refractivity contribution in [3.63, 3.8) is 0 Å². The van der Waals surface area contributed by atoms with E-state index in [0.29, 0.717) is 0 Å². The first-order valence-electron chi connectivity index (χ1n) is 24.1. The number of phenols is 2. The highest BCUT2D eigenvalue weighted by molar-refractivity contribution is 6.19. The van der Waals surface area contributed by atoms with Gasteiger partial charge in [0, 0.05) is 92.1 Å². The van der Waals surface area contributed by atoms with Crippen LogP contribution in [-0.2, 0) is 39.9 Å². The highest BCUT2D eigenvalue weighted by atomic mass is 16.7. The number of piperidine rings is 1. The van der Waals surface area contributed by atoms with Gasteiger partial charge in [-0.05, 0) is 24.8 Å². The van der Waals surface area contributed by atoms with Crippen LogP contribution in [0.25, 0.3) is 10.8 Å². The number of anilines is 1. The van der Waals surface area contributed by atoms with Crippen molar-refractivity contribution in [2.45, 2.75) is 117 Å². The number of amides is 2. The third-order valence-corrected chi connectivity index (χ3v) is 14.7. The number of ether oxygens (including phenoxy) is 6. The summed E-state index contributed by atoms with van der Waals surface area (Å²) < 4.78 is 36.8. The number of carbonyl (C=O) groups excluding carboxylic acids is 4. The fourth-order valence-corrected chi connectivity index (χ4v) is 10.2. The molecule has 73 heavy (non-hydrogen) atoms. The van der Waals surface area contributed by atoms with E-state index in [0.717, 1.165) is 0 Å². The van der Waals surface area contributed by atoms with E-state index in [2.05, 4.69) is 10.3 Å². The lowest BCUT2D eigenvalue weighted by Crippen LogP contribution is -2.46. The second-order valence-electron chi connectivity index (χ2n) is 19.7. The largest absolute Gasteiger partial charge is 0.507 e. The van der Waals surface area contributed by atoms with Crippen molar-refractivity contribution < 1.29 is 72.9 Å². The summed E-state index contributed by atoms with van der Waals surface area (Å²) in [7, 11) is 1.43. The van der Waals surface area contributed by atoms with Crippen molar-refractivity contribution >= 4 is 45.8 Å². The number of likely N-dealkylation sites (tertiary alicyclic amines) is 1. The summed E-state index contributed by atoms with van der Waals surface area (Å²) in [5.41, 5.74) is -1.30. The van der Waals surface area contributed by atoms with Crippen molar-refractivity contribution in [3.05, 3.63) is 74.3 Å². The first-order chi connectivity index (χ1) is 34.5. The Kier molecular flexibility index (Phi) is 14.5. The smallest absolute Gasteiger partial charge is 0.414 e. The minimum Gasteiger partial charge on any atom is -0.507 e. The quantitative estimate of drug-likeness (QED) is 0.102. The van der Waals surface area contributed by atoms with Crippen LogP contribution in [0.15, 0.2) is 52.3 Å². The number of hydrogen-bond acceptors (Lipinski definition) is 19. The second-order valence-corrected chi connectivity index (χ2v) is 19.7. The number of carbonyl (C=O) groups is 4. The van der Waals surface area contributed by atoms with Crippen LogP contribution in [0.2, 0.25) is 0 Å². The Morgan fingerprint density at radius 3 is 2.36 bits per heavy atom. The number of ketones is 1. The fourth-order valence-electron chi connectivity index (χ4n) is 10.2. The van der Waals surface area contributed by atoms with Crippen LogP contribution in [0.5, 0.6) is 23.3 Å². The molecule has 5 N–H and O–H groups in total. The van der Waals surface area contributed by atoms with Gasteiger partial charge in [0.25, 0.3) is 11.7 Å². The van der Waals surface area contributed by atoms with Crippen LogP contribution in [0.4, 0.5) is 11.5 Å². The van der Waals surface area contributed by atoms with Gasteiger partial charge in [-0.25, -0.2) is 0 Å². The van der Waals surface area contributed by atoms with Crippen molar-refractivity contribution in [1.29, 1.82) is 0 Å². The van der Waals surface area contributed by atoms with Crippen LogP contribution >= 0.6 is 0 Å². The molecule has 4 bridgehead atoms. The Bertz CT molecular complexity index is 2980. The van der Waals surface area contributed by atoms with Gasteiger partial charge in [0.05, 0.1) is 47.4 Å². The number of nitrogens with zero attached hydrogens (tertiary/aromatic N) is 6. The van der Waals surface area contributed by atoms with Crippen LogP contribution in [0, 0.1) is 40.7 Å². The molecule has 23 nitrogen and oxygen atoms in total. The molecule has 0 saturated carbocycles. The molecule has 2 aromatic carbocycles. The number of aliphatic hydroxyl groups excluding tert-OH is 2. The molecule has 23 heteroatoms. The summed E-state index contributed by atoms with van der Waals surface area (Å²) in [6.45, 7) is 12.7. The van der Waals surface area contributed by atoms with Gasteiger partial charge in [0.2, 0.25) is 5.91 Å². The summed E-state index contributed by atoms with van der Waals surface area (Å²) in [6, 6.07) is 0.0812. The Balaban J connectivity index is 1.16. The van der Waals surface area contributed by atoms with Gasteiger partial charge in [0.15, 0.2) is 11.4 Å². The van der Waals surface area contributed by atoms with Crippen LogP contribution in [0.1, 0.15) is 77.2 Å². The van der Waals surface area contributed by atoms with Gasteiger partial charge in [-0.15, -0.1) is 0 Å². The number of imidazole rings is 1. The number of aliphatic hydroxyl groups is 2. The number of benzene rings is 2. The van der Waals surface area contributed by atoms with E-state index in [1.807, 2.05) is 0 Å². The Morgan fingerprint density at radius 2 is 1.68 bits per heavy atom. The van der Waals surface area contributed by atoms with E-state index in [9.17, 15) is 49.7 Å². The fraction of sp³-hybridized carbons (Fsp3) is 0.540. The molecule has 0 unspecified atom stereocenters. The molecule has 1 aromatic heterocycles. The van der Waals surface area contributed by atoms with Gasteiger partial charge in [0.1, 0.15) is 54.2 Å². The monoisotopic (exact) mass is 1020 g/mol. The zero-order chi connectivity index (χ0) is 53.0. The lowest BCUT2D eigenvalue weighted by molar-refractivity contribution is -0.389. The van der Waals surface area contributed by atoms with Gasteiger partial charge in [-0.3, -0.25) is 33.7 Å². The van der Waals surface area contributed by atoms with Crippen molar-refractivity contribution in [2.75, 3.05) is 38.7 Å². The summed E-state index contributed by atoms with van der Waals surface area (Å²) >= 11 is 0. The predicted molar refractivity (Wildman–Crippen MR) is 257 cm³/mol. The average molecular weight is 1020 g/mol. The Morgan fingerprint density at radius 1 is 0.986 bits per heavy atom. The molecule has 2 amide bonds. The number of Topliss-reactive ketones (excluding diaryl/α,β-unsaturated/α-hetero) is 1. The SMILES string of the molecule is CO[C@H]1/C=C/O[C@@]2(C)Oc3c(C)c(O)c4c(O)c(c5c(c4c3C2=O)=NC2(CCN(C(=O)CO[C@@H]3COc4nc([N+](=O)[O-])cn4C3)CC2)N=5)NC(=O)/C(C)=C\C=C\[C@H](C)[C@H](O)[C@@H](C)[C@@H](O)[C@@H](C)[C@H](OC(C)=O)[C@@H]1C. The zero-order valence-electron chi connectivity index (χ0n) is 42.0. The average Bonchev–Trinajstić information content (AvgIpc) is 4.04. The maximum atomic E-state index is 14.9. The third-order valence-electron chi connectivity index (χ3n) is 14.7. The number of fused-ring (bicyclic) bond motifs is 2. The van der Waals surface area contributed by atoms with E-state index in [1.54, 1.807) is 44.7 Å². The first kappa shape index (κ1) is 52.4. The van der Waals surface area contributed by atoms with E-state index in [-0.39, 0.29) is 113 Å². The number of nitro groups is 1. The third kappa shape index (κ3) is 9.73. The Labute approximate surface area is 418 Å². The molecule has 1 spiro atoms. The number of aromatic nitrogens is 2. The lowest BCUT2D eigenvalue weighted by atomic mass is 9.78. The predicted octanol–water partition coefficient (Wildman–Crippen LogP) is 3.20. The molecule has 3 aromatic rings. The Hall–Kier alpha value is -6.95. The maximum absolute atomic E-state index is 14.9. The first-order valence-corrected chi connectivity index (χ1v) is 24.1. The van der Waals surface area contributed by atoms with Gasteiger partial charge in [-0.1, -0.05) is 45.9 Å². The number of esters is 1. The summed E-state index contributed by atoms with van der Waals surface area (Å²) in [5.74, 6) is -8.47. The van der Waals surface area contributed by atoms with E-state index in [4.69, 9.17) is 38.4 Å². The molecule has 5 aliphatic heterocycles. The van der Waals surface area contributed by atoms with E-state index >= 15 is 0 Å².